The number of halogens is 8. The van der Waals surface area contributed by atoms with E-state index in [1.54, 1.807) is 49.6 Å². The first-order valence-electron chi connectivity index (χ1n) is 38.0. The third-order valence-electron chi connectivity index (χ3n) is 20.6. The molecule has 0 bridgehead atoms. The van der Waals surface area contributed by atoms with Crippen LogP contribution in [0.25, 0.3) is 0 Å². The zero-order chi connectivity index (χ0) is 81.6. The molecule has 14 nitrogen and oxygen atoms in total. The minimum Gasteiger partial charge on any atom is -0.484 e. The number of aliphatic hydroxyl groups excluding tert-OH is 1. The summed E-state index contributed by atoms with van der Waals surface area (Å²) in [6.07, 6.45) is -14.7. The molecule has 0 aromatic heterocycles. The van der Waals surface area contributed by atoms with E-state index < -0.39 is 101 Å². The summed E-state index contributed by atoms with van der Waals surface area (Å²) in [4.78, 5) is 0. The fourth-order valence-electron chi connectivity index (χ4n) is 13.5. The highest BCUT2D eigenvalue weighted by Crippen LogP contribution is 2.48. The van der Waals surface area contributed by atoms with E-state index in [1.807, 2.05) is 200 Å². The molecule has 0 radical (unpaired) electrons. The van der Waals surface area contributed by atoms with Gasteiger partial charge in [-0.3, -0.25) is 0 Å². The molecule has 0 saturated carbocycles. The Labute approximate surface area is 680 Å². The van der Waals surface area contributed by atoms with Gasteiger partial charge in [-0.25, -0.2) is 0 Å². The lowest BCUT2D eigenvalue weighted by atomic mass is 9.86. The summed E-state index contributed by atoms with van der Waals surface area (Å²) in [7, 11) is 0.790. The molecule has 610 valence electrons. The summed E-state index contributed by atoms with van der Waals surface area (Å²) >= 11 is 13.7. The Bertz CT molecular complexity index is 4560. The average Bonchev–Trinajstić information content (AvgIpc) is 0.741. The van der Waals surface area contributed by atoms with Gasteiger partial charge in [-0.1, -0.05) is 262 Å². The molecule has 2 fully saturated rings. The first kappa shape index (κ1) is 87.5. The maximum atomic E-state index is 12.8. The van der Waals surface area contributed by atoms with Gasteiger partial charge in [0.2, 0.25) is 11.6 Å². The predicted molar refractivity (Wildman–Crippen MR) is 432 cm³/mol. The topological polar surface area (TPSA) is 140 Å². The van der Waals surface area contributed by atoms with Gasteiger partial charge in [0.05, 0.1) is 52.9 Å². The number of hydrogen-bond donors (Lipinski definition) is 1. The van der Waals surface area contributed by atoms with Crippen molar-refractivity contribution in [3.8, 4) is 11.5 Å². The molecule has 23 heteroatoms. The van der Waals surface area contributed by atoms with E-state index >= 15 is 0 Å². The quantitative estimate of drug-likeness (QED) is 0.0302. The Hall–Kier alpha value is -8.30. The largest absolute Gasteiger partial charge is 0.484 e. The molecule has 0 unspecified atom stereocenters. The Balaban J connectivity index is 0.000000228. The van der Waals surface area contributed by atoms with Crippen molar-refractivity contribution in [1.82, 2.24) is 0 Å². The minimum absolute atomic E-state index is 0.0846. The first-order valence-corrected chi connectivity index (χ1v) is 41.7. The summed E-state index contributed by atoms with van der Waals surface area (Å²) < 4.78 is 161. The molecule has 0 aliphatic carbocycles. The van der Waals surface area contributed by atoms with E-state index in [-0.39, 0.29) is 62.8 Å². The fourth-order valence-corrected chi connectivity index (χ4v) is 14.9. The summed E-state index contributed by atoms with van der Waals surface area (Å²) in [5.41, 5.74) is 9.90. The van der Waals surface area contributed by atoms with Crippen LogP contribution >= 0.6 is 23.2 Å². The lowest BCUT2D eigenvalue weighted by molar-refractivity contribution is -0.384. The normalized spacial score (nSPS) is 21.3. The third kappa shape index (κ3) is 24.2. The van der Waals surface area contributed by atoms with Gasteiger partial charge in [-0.2, -0.15) is 26.3 Å². The van der Waals surface area contributed by atoms with Crippen LogP contribution in [0.3, 0.4) is 0 Å². The van der Waals surface area contributed by atoms with Crippen LogP contribution in [0.2, 0.25) is 28.2 Å². The molecule has 2 aliphatic rings. The second-order valence-corrected chi connectivity index (χ2v) is 35.5. The van der Waals surface area contributed by atoms with Crippen molar-refractivity contribution in [1.29, 1.82) is 0 Å². The van der Waals surface area contributed by atoms with Crippen molar-refractivity contribution < 1.29 is 92.7 Å². The molecular formula is C92H98Cl2F6O14Si. The molecular weight excluding hydrogens is 1540 g/mol. The number of benzene rings is 10. The smallest absolute Gasteiger partial charge is 0.422 e. The molecule has 2 saturated heterocycles. The molecule has 12 rings (SSSR count). The van der Waals surface area contributed by atoms with Gasteiger partial charge < -0.3 is 66.4 Å². The second kappa shape index (κ2) is 40.7. The highest BCUT2D eigenvalue weighted by Gasteiger charge is 2.61. The van der Waals surface area contributed by atoms with Crippen LogP contribution in [0.4, 0.5) is 26.3 Å². The molecule has 115 heavy (non-hydrogen) atoms. The number of ether oxygens (including phenoxy) is 12. The molecule has 10 aromatic carbocycles. The number of hydrogen-bond acceptors (Lipinski definition) is 14. The zero-order valence-corrected chi connectivity index (χ0v) is 67.8. The van der Waals surface area contributed by atoms with Gasteiger partial charge >= 0.3 is 12.4 Å². The maximum absolute atomic E-state index is 12.8. The van der Waals surface area contributed by atoms with E-state index in [4.69, 9.17) is 84.5 Å². The first-order chi connectivity index (χ1) is 55.2. The summed E-state index contributed by atoms with van der Waals surface area (Å²) in [5.74, 6) is -2.97. The third-order valence-corrected chi connectivity index (χ3v) is 25.8. The summed E-state index contributed by atoms with van der Waals surface area (Å²) in [6, 6.07) is 82.7. The van der Waals surface area contributed by atoms with E-state index in [0.29, 0.717) is 39.6 Å². The molecule has 2 heterocycles. The molecule has 2 aliphatic heterocycles. The molecule has 10 aromatic rings. The number of aliphatic hydroxyl groups is 1. The lowest BCUT2D eigenvalue weighted by Crippen LogP contribution is -2.66. The van der Waals surface area contributed by atoms with Crippen LogP contribution in [-0.4, -0.2) is 115 Å². The molecule has 1 N–H and O–H groups in total. The van der Waals surface area contributed by atoms with E-state index in [0.717, 1.165) is 50.1 Å². The van der Waals surface area contributed by atoms with Crippen molar-refractivity contribution in [2.45, 2.75) is 164 Å². The minimum atomic E-state index is -4.44. The molecule has 0 amide bonds. The van der Waals surface area contributed by atoms with Crippen molar-refractivity contribution in [3.63, 3.8) is 0 Å². The van der Waals surface area contributed by atoms with Crippen molar-refractivity contribution >= 4 is 31.5 Å². The van der Waals surface area contributed by atoms with Gasteiger partial charge in [0.1, 0.15) is 60.3 Å². The number of alkyl halides is 6. The predicted octanol–water partition coefficient (Wildman–Crippen LogP) is 20.7. The number of rotatable bonds is 34. The van der Waals surface area contributed by atoms with Crippen molar-refractivity contribution in [3.05, 3.63) is 344 Å². The van der Waals surface area contributed by atoms with Crippen LogP contribution in [-0.2, 0) is 116 Å². The highest BCUT2D eigenvalue weighted by molar-refractivity contribution is 6.74. The standard InChI is InChI=1S/C49H56ClF3O7Si.C43H42ClF3O7/c1-47(2,3)61(5,6)59-33-43-44(55-30-36-16-10-7-11-17-36)45(56-31-37-18-12-8-13-19-37)46(57-32-38-20-14-9-15-21-38)49(54-4,60-43)40-24-27-42(50)39(29-40)28-35-22-25-41(26-23-35)58-34-48(51,52)53;1-49-43(35-19-22-37(44)34(24-35)23-30-17-20-36(21-18-30)53-29-42(45,46)47)41(52-28-33-15-9-4-10-16-33)40(51-27-32-13-7-3-8-14-32)39(38(25-48)54-43)50-26-31-11-5-2-6-12-31/h7-27,29,43-46H,28,30-34H2,1-6H3;2-22,24,38-41,48H,23,25-29H2,1H3/t43-,44-,45+,46-,49+;38-,39-,40+,41-,43+/m11/s1. The van der Waals surface area contributed by atoms with Gasteiger partial charge in [-0.15, -0.1) is 0 Å². The van der Waals surface area contributed by atoms with Crippen molar-refractivity contribution in [2.24, 2.45) is 0 Å². The number of methoxy groups -OCH3 is 2. The molecule has 0 spiro atoms. The maximum Gasteiger partial charge on any atom is 0.422 e. The Morgan fingerprint density at radius 3 is 0.974 bits per heavy atom. The van der Waals surface area contributed by atoms with E-state index in [2.05, 4.69) is 33.9 Å². The van der Waals surface area contributed by atoms with Gasteiger partial charge in [0, 0.05) is 35.4 Å². The highest BCUT2D eigenvalue weighted by atomic mass is 35.5. The SMILES string of the molecule is CO[C@@]1(c2ccc(Cl)c(Cc3ccc(OCC(F)(F)F)cc3)c2)O[C@H](CO)[C@@H](OCc2ccccc2)[C@H](OCc2ccccc2)[C@H]1OCc1ccccc1.CO[C@@]1(c2ccc(Cl)c(Cc3ccc(OCC(F)(F)F)cc3)c2)O[C@H](CO[Si](C)(C)C(C)(C)C)[C@@H](OCc2ccccc2)[C@H](OCc2ccccc2)[C@H]1OCc1ccccc1. The van der Waals surface area contributed by atoms with Crippen LogP contribution in [0.1, 0.15) is 87.5 Å². The molecule has 10 atom stereocenters. The summed E-state index contributed by atoms with van der Waals surface area (Å²) in [5, 5.41) is 11.7. The Kier molecular flexibility index (Phi) is 31.0. The van der Waals surface area contributed by atoms with E-state index in [1.165, 1.54) is 31.4 Å². The van der Waals surface area contributed by atoms with Crippen LogP contribution in [0, 0.1) is 0 Å². The van der Waals surface area contributed by atoms with E-state index in [9.17, 15) is 31.4 Å². The van der Waals surface area contributed by atoms with Gasteiger partial charge in [0.25, 0.3) is 0 Å². The van der Waals surface area contributed by atoms with Crippen LogP contribution in [0.5, 0.6) is 11.5 Å². The Morgan fingerprint density at radius 1 is 0.383 bits per heavy atom. The zero-order valence-electron chi connectivity index (χ0n) is 65.3. The second-order valence-electron chi connectivity index (χ2n) is 29.9. The average molecular weight is 1640 g/mol. The fraction of sp³-hybridized carbons (Fsp3) is 0.348. The lowest BCUT2D eigenvalue weighted by Gasteiger charge is -2.52. The Morgan fingerprint density at radius 2 is 0.678 bits per heavy atom. The van der Waals surface area contributed by atoms with Gasteiger partial charge in [0.15, 0.2) is 21.5 Å². The van der Waals surface area contributed by atoms with Crippen LogP contribution in [0.15, 0.2) is 267 Å². The monoisotopic (exact) mass is 1640 g/mol. The van der Waals surface area contributed by atoms with Gasteiger partial charge in [-0.05, 0) is 135 Å². The summed E-state index contributed by atoms with van der Waals surface area (Å²) in [6.45, 7) is 9.41. The van der Waals surface area contributed by atoms with Crippen LogP contribution < -0.4 is 9.47 Å². The van der Waals surface area contributed by atoms with Crippen molar-refractivity contribution in [2.75, 3.05) is 40.6 Å².